The molecule has 0 spiro atoms. The second-order valence-corrected chi connectivity index (χ2v) is 5.56. The van der Waals surface area contributed by atoms with Crippen molar-refractivity contribution < 1.29 is 28.3 Å². The molecule has 27 heavy (non-hydrogen) atoms. The summed E-state index contributed by atoms with van der Waals surface area (Å²) in [6.07, 6.45) is 0. The second-order valence-electron chi connectivity index (χ2n) is 5.56. The van der Waals surface area contributed by atoms with E-state index in [0.29, 0.717) is 0 Å². The zero-order valence-corrected chi connectivity index (χ0v) is 15.1. The summed E-state index contributed by atoms with van der Waals surface area (Å²) in [5, 5.41) is 13.8. The molecule has 8 nitrogen and oxygen atoms in total. The van der Waals surface area contributed by atoms with Crippen LogP contribution >= 0.6 is 0 Å². The van der Waals surface area contributed by atoms with Gasteiger partial charge in [0, 0.05) is 13.2 Å². The van der Waals surface area contributed by atoms with Crippen molar-refractivity contribution in [3.63, 3.8) is 0 Å². The van der Waals surface area contributed by atoms with Crippen molar-refractivity contribution in [3.05, 3.63) is 57.4 Å². The second kappa shape index (κ2) is 8.95. The van der Waals surface area contributed by atoms with Gasteiger partial charge in [0.2, 0.25) is 0 Å². The summed E-state index contributed by atoms with van der Waals surface area (Å²) < 4.78 is 29.3. The largest absolute Gasteiger partial charge is 0.493 e. The maximum atomic E-state index is 13.9. The fraction of sp³-hybridized carbons (Fsp3) is 0.278. The zero-order valence-electron chi connectivity index (χ0n) is 15.1. The number of aryl methyl sites for hydroxylation is 1. The average Bonchev–Trinajstić information content (AvgIpc) is 2.64. The van der Waals surface area contributed by atoms with Gasteiger partial charge in [0.1, 0.15) is 18.0 Å². The van der Waals surface area contributed by atoms with Gasteiger partial charge >= 0.3 is 0 Å². The monoisotopic (exact) mass is 378 g/mol. The highest BCUT2D eigenvalue weighted by Gasteiger charge is 2.25. The Hall–Kier alpha value is -3.20. The van der Waals surface area contributed by atoms with Gasteiger partial charge in [-0.15, -0.1) is 0 Å². The van der Waals surface area contributed by atoms with Gasteiger partial charge in [0.25, 0.3) is 11.6 Å². The smallest absolute Gasteiger partial charge is 0.286 e. The molecule has 0 aliphatic rings. The van der Waals surface area contributed by atoms with Crippen LogP contribution in [0.15, 0.2) is 30.3 Å². The van der Waals surface area contributed by atoms with E-state index in [4.69, 9.17) is 14.2 Å². The molecule has 1 amide bonds. The van der Waals surface area contributed by atoms with Crippen LogP contribution in [0.1, 0.15) is 15.9 Å². The molecule has 0 fully saturated rings. The Labute approximate surface area is 155 Å². The molecule has 0 aliphatic heterocycles. The first-order chi connectivity index (χ1) is 12.9. The lowest BCUT2D eigenvalue weighted by Gasteiger charge is -2.13. The number of carbonyl (C=O) groups is 1. The number of nitrogens with one attached hydrogen (secondary N) is 1. The molecule has 2 aromatic rings. The lowest BCUT2D eigenvalue weighted by atomic mass is 10.1. The SMILES string of the molecule is COCCOc1cc([N+](=O)[O-])c(C(=O)Nc2cc(C)ccc2F)cc1OC. The van der Waals surface area contributed by atoms with E-state index in [0.717, 1.165) is 11.6 Å². The van der Waals surface area contributed by atoms with Crippen molar-refractivity contribution in [2.75, 3.05) is 32.8 Å². The van der Waals surface area contributed by atoms with E-state index in [-0.39, 0.29) is 36.0 Å². The fourth-order valence-corrected chi connectivity index (χ4v) is 2.31. The molecular formula is C18H19FN2O6. The fourth-order valence-electron chi connectivity index (χ4n) is 2.31. The number of nitrogens with zero attached hydrogens (tertiary/aromatic N) is 1. The molecule has 0 aliphatic carbocycles. The highest BCUT2D eigenvalue weighted by molar-refractivity contribution is 6.07. The summed E-state index contributed by atoms with van der Waals surface area (Å²) in [6.45, 7) is 2.14. The number of hydrogen-bond acceptors (Lipinski definition) is 6. The summed E-state index contributed by atoms with van der Waals surface area (Å²) in [5.74, 6) is -1.26. The number of hydrogen-bond donors (Lipinski definition) is 1. The van der Waals surface area contributed by atoms with Crippen LogP contribution in [0.2, 0.25) is 0 Å². The normalized spacial score (nSPS) is 10.4. The van der Waals surface area contributed by atoms with Gasteiger partial charge in [-0.1, -0.05) is 6.07 Å². The summed E-state index contributed by atoms with van der Waals surface area (Å²) in [7, 11) is 2.83. The Morgan fingerprint density at radius 1 is 1.19 bits per heavy atom. The number of methoxy groups -OCH3 is 2. The quantitative estimate of drug-likeness (QED) is 0.430. The molecule has 0 saturated carbocycles. The molecule has 9 heteroatoms. The zero-order chi connectivity index (χ0) is 20.0. The molecule has 144 valence electrons. The van der Waals surface area contributed by atoms with E-state index in [1.54, 1.807) is 13.0 Å². The minimum absolute atomic E-state index is 0.0753. The van der Waals surface area contributed by atoms with E-state index < -0.39 is 22.3 Å². The van der Waals surface area contributed by atoms with Gasteiger partial charge in [0.15, 0.2) is 11.5 Å². The molecule has 0 atom stereocenters. The van der Waals surface area contributed by atoms with Gasteiger partial charge in [-0.05, 0) is 24.6 Å². The summed E-state index contributed by atoms with van der Waals surface area (Å²) in [4.78, 5) is 23.2. The summed E-state index contributed by atoms with van der Waals surface area (Å²) in [6, 6.07) is 6.45. The molecule has 1 N–H and O–H groups in total. The van der Waals surface area contributed by atoms with Crippen LogP contribution in [0.4, 0.5) is 15.8 Å². The number of amides is 1. The van der Waals surface area contributed by atoms with E-state index in [2.05, 4.69) is 5.32 Å². The van der Waals surface area contributed by atoms with Crippen molar-refractivity contribution in [1.29, 1.82) is 0 Å². The Morgan fingerprint density at radius 2 is 1.93 bits per heavy atom. The number of carbonyl (C=O) groups excluding carboxylic acids is 1. The summed E-state index contributed by atoms with van der Waals surface area (Å²) in [5.41, 5.74) is -0.125. The molecule has 0 bridgehead atoms. The van der Waals surface area contributed by atoms with Crippen LogP contribution in [0.25, 0.3) is 0 Å². The number of halogens is 1. The third-order valence-electron chi connectivity index (χ3n) is 3.64. The predicted octanol–water partition coefficient (Wildman–Crippen LogP) is 3.33. The first-order valence-electron chi connectivity index (χ1n) is 7.93. The lowest BCUT2D eigenvalue weighted by Crippen LogP contribution is -2.16. The number of nitro benzene ring substituents is 1. The number of ether oxygens (including phenoxy) is 3. The third kappa shape index (κ3) is 4.91. The number of rotatable bonds is 8. The van der Waals surface area contributed by atoms with Crippen molar-refractivity contribution in [1.82, 2.24) is 0 Å². The highest BCUT2D eigenvalue weighted by Crippen LogP contribution is 2.35. The van der Waals surface area contributed by atoms with Crippen molar-refractivity contribution in [2.24, 2.45) is 0 Å². The highest BCUT2D eigenvalue weighted by atomic mass is 19.1. The molecular weight excluding hydrogens is 359 g/mol. The Morgan fingerprint density at radius 3 is 2.56 bits per heavy atom. The average molecular weight is 378 g/mol. The van der Waals surface area contributed by atoms with Crippen LogP contribution < -0.4 is 14.8 Å². The van der Waals surface area contributed by atoms with Crippen molar-refractivity contribution in [2.45, 2.75) is 6.92 Å². The van der Waals surface area contributed by atoms with Crippen LogP contribution in [0, 0.1) is 22.9 Å². The Balaban J connectivity index is 2.40. The minimum atomic E-state index is -0.840. The van der Waals surface area contributed by atoms with Gasteiger partial charge in [-0.2, -0.15) is 0 Å². The van der Waals surface area contributed by atoms with Crippen LogP contribution in [-0.2, 0) is 4.74 Å². The molecule has 2 aromatic carbocycles. The maximum absolute atomic E-state index is 13.9. The molecule has 2 rings (SSSR count). The predicted molar refractivity (Wildman–Crippen MR) is 96.1 cm³/mol. The topological polar surface area (TPSA) is 99.9 Å². The number of anilines is 1. The van der Waals surface area contributed by atoms with Gasteiger partial charge in [-0.25, -0.2) is 4.39 Å². The molecule has 0 radical (unpaired) electrons. The molecule has 0 aromatic heterocycles. The summed E-state index contributed by atoms with van der Waals surface area (Å²) >= 11 is 0. The van der Waals surface area contributed by atoms with Gasteiger partial charge in [0.05, 0.1) is 30.4 Å². The van der Waals surface area contributed by atoms with E-state index in [9.17, 15) is 19.3 Å². The van der Waals surface area contributed by atoms with Gasteiger partial charge < -0.3 is 19.5 Å². The molecule has 0 heterocycles. The van der Waals surface area contributed by atoms with Crippen molar-refractivity contribution in [3.8, 4) is 11.5 Å². The third-order valence-corrected chi connectivity index (χ3v) is 3.64. The van der Waals surface area contributed by atoms with Gasteiger partial charge in [-0.3, -0.25) is 14.9 Å². The number of nitro groups is 1. The molecule has 0 unspecified atom stereocenters. The van der Waals surface area contributed by atoms with Crippen LogP contribution in [0.3, 0.4) is 0 Å². The maximum Gasteiger partial charge on any atom is 0.286 e. The molecule has 0 saturated heterocycles. The van der Waals surface area contributed by atoms with Crippen LogP contribution in [0.5, 0.6) is 11.5 Å². The first kappa shape index (κ1) is 20.1. The standard InChI is InChI=1S/C18H19FN2O6/c1-11-4-5-13(19)14(8-11)20-18(22)12-9-16(26-3)17(27-7-6-25-2)10-15(12)21(23)24/h4-5,8-10H,6-7H2,1-3H3,(H,20,22). The first-order valence-corrected chi connectivity index (χ1v) is 7.93. The lowest BCUT2D eigenvalue weighted by molar-refractivity contribution is -0.385. The van der Waals surface area contributed by atoms with Crippen LogP contribution in [-0.4, -0.2) is 38.3 Å². The van der Waals surface area contributed by atoms with Crippen molar-refractivity contribution >= 4 is 17.3 Å². The Kier molecular flexibility index (Phi) is 6.67. The minimum Gasteiger partial charge on any atom is -0.493 e. The van der Waals surface area contributed by atoms with E-state index >= 15 is 0 Å². The van der Waals surface area contributed by atoms with E-state index in [1.807, 2.05) is 0 Å². The Bertz CT molecular complexity index is 856. The number of benzene rings is 2. The van der Waals surface area contributed by atoms with E-state index in [1.165, 1.54) is 32.4 Å².